The summed E-state index contributed by atoms with van der Waals surface area (Å²) in [4.78, 5) is 31.0. The summed E-state index contributed by atoms with van der Waals surface area (Å²) >= 11 is 0. The summed E-state index contributed by atoms with van der Waals surface area (Å²) in [6.45, 7) is 1.56. The molecule has 2 aromatic carbocycles. The average molecular weight is 455 g/mol. The van der Waals surface area contributed by atoms with Crippen molar-refractivity contribution in [1.29, 1.82) is 0 Å². The summed E-state index contributed by atoms with van der Waals surface area (Å²) in [6.07, 6.45) is 2.94. The number of benzene rings is 2. The fourth-order valence-corrected chi connectivity index (χ4v) is 4.65. The Morgan fingerprint density at radius 1 is 0.941 bits per heavy atom. The first-order valence-corrected chi connectivity index (χ1v) is 11.5. The van der Waals surface area contributed by atoms with E-state index in [0.29, 0.717) is 37.1 Å². The first kappa shape index (κ1) is 22.0. The van der Waals surface area contributed by atoms with Gasteiger partial charge in [0.25, 0.3) is 5.56 Å². The summed E-state index contributed by atoms with van der Waals surface area (Å²) < 4.78 is 6.99. The highest BCUT2D eigenvalue weighted by Crippen LogP contribution is 2.35. The summed E-state index contributed by atoms with van der Waals surface area (Å²) in [7, 11) is 0. The van der Waals surface area contributed by atoms with E-state index < -0.39 is 5.41 Å². The third kappa shape index (κ3) is 4.22. The van der Waals surface area contributed by atoms with Gasteiger partial charge in [-0.1, -0.05) is 54.6 Å². The molecule has 7 nitrogen and oxygen atoms in total. The van der Waals surface area contributed by atoms with Crippen LogP contribution in [-0.4, -0.2) is 33.9 Å². The Bertz CT molecular complexity index is 1350. The first-order valence-electron chi connectivity index (χ1n) is 11.5. The molecule has 1 fully saturated rings. The van der Waals surface area contributed by atoms with Crippen LogP contribution < -0.4 is 10.9 Å². The lowest BCUT2D eigenvalue weighted by Crippen LogP contribution is -2.48. The molecule has 34 heavy (non-hydrogen) atoms. The molecule has 0 saturated carbocycles. The van der Waals surface area contributed by atoms with Gasteiger partial charge in [-0.2, -0.15) is 5.10 Å². The molecule has 0 unspecified atom stereocenters. The molecule has 172 valence electrons. The van der Waals surface area contributed by atoms with Crippen molar-refractivity contribution in [2.24, 2.45) is 0 Å². The molecule has 1 N–H and O–H groups in total. The average Bonchev–Trinajstić information content (AvgIpc) is 2.91. The van der Waals surface area contributed by atoms with E-state index in [2.05, 4.69) is 15.4 Å². The minimum Gasteiger partial charge on any atom is -0.381 e. The van der Waals surface area contributed by atoms with Crippen LogP contribution in [0.4, 0.5) is 0 Å². The number of nitrogens with zero attached hydrogens (tertiary/aromatic N) is 3. The van der Waals surface area contributed by atoms with Crippen molar-refractivity contribution < 1.29 is 9.53 Å². The monoisotopic (exact) mass is 454 g/mol. The maximum absolute atomic E-state index is 13.6. The normalized spacial score (nSPS) is 15.2. The van der Waals surface area contributed by atoms with Crippen molar-refractivity contribution in [1.82, 2.24) is 20.1 Å². The molecule has 1 amide bonds. The number of carbonyl (C=O) groups is 1. The van der Waals surface area contributed by atoms with Crippen LogP contribution in [0.5, 0.6) is 0 Å². The Balaban J connectivity index is 1.47. The van der Waals surface area contributed by atoms with E-state index >= 15 is 0 Å². The zero-order valence-electron chi connectivity index (χ0n) is 18.8. The van der Waals surface area contributed by atoms with Gasteiger partial charge < -0.3 is 10.1 Å². The number of aromatic nitrogens is 3. The van der Waals surface area contributed by atoms with Crippen molar-refractivity contribution in [3.05, 3.63) is 106 Å². The lowest BCUT2D eigenvalue weighted by atomic mass is 9.73. The van der Waals surface area contributed by atoms with Crippen molar-refractivity contribution in [2.75, 3.05) is 13.2 Å². The van der Waals surface area contributed by atoms with E-state index in [9.17, 15) is 9.59 Å². The first-order chi connectivity index (χ1) is 16.7. The number of carbonyl (C=O) groups excluding carboxylic acids is 1. The van der Waals surface area contributed by atoms with E-state index in [-0.39, 0.29) is 24.6 Å². The topological polar surface area (TPSA) is 86.1 Å². The van der Waals surface area contributed by atoms with Gasteiger partial charge in [-0.05, 0) is 36.6 Å². The predicted octanol–water partition coefficient (Wildman–Crippen LogP) is 3.20. The van der Waals surface area contributed by atoms with E-state index in [4.69, 9.17) is 4.74 Å². The standard InChI is InChI=1S/C27H26N4O3/c32-25-23-12-5-4-11-22(23)24(30-31(25)19-21-10-6-7-15-28-21)18-29-26(33)27(13-16-34-17-14-27)20-8-2-1-3-9-20/h1-12,15H,13-14,16-19H2,(H,29,33). The lowest BCUT2D eigenvalue weighted by Gasteiger charge is -2.36. The Morgan fingerprint density at radius 3 is 2.38 bits per heavy atom. The molecule has 3 heterocycles. The van der Waals surface area contributed by atoms with Gasteiger partial charge in [-0.15, -0.1) is 0 Å². The zero-order valence-corrected chi connectivity index (χ0v) is 18.8. The molecule has 1 aliphatic heterocycles. The maximum atomic E-state index is 13.6. The van der Waals surface area contributed by atoms with Crippen LogP contribution in [0.25, 0.3) is 10.8 Å². The quantitative estimate of drug-likeness (QED) is 0.484. The van der Waals surface area contributed by atoms with Gasteiger partial charge in [0.1, 0.15) is 0 Å². The summed E-state index contributed by atoms with van der Waals surface area (Å²) in [5, 5.41) is 9.07. The van der Waals surface area contributed by atoms with Crippen LogP contribution in [-0.2, 0) is 28.0 Å². The largest absolute Gasteiger partial charge is 0.381 e. The SMILES string of the molecule is O=C(NCc1nn(Cc2ccccn2)c(=O)c2ccccc12)C1(c2ccccc2)CCOCC1. The van der Waals surface area contributed by atoms with Crippen molar-refractivity contribution in [3.63, 3.8) is 0 Å². The molecule has 0 radical (unpaired) electrons. The van der Waals surface area contributed by atoms with Gasteiger partial charge in [0.05, 0.1) is 35.3 Å². The number of nitrogens with one attached hydrogen (secondary N) is 1. The Labute approximate surface area is 197 Å². The van der Waals surface area contributed by atoms with Crippen LogP contribution in [0, 0.1) is 0 Å². The van der Waals surface area contributed by atoms with Crippen LogP contribution in [0.1, 0.15) is 29.8 Å². The zero-order chi connectivity index (χ0) is 23.4. The second kappa shape index (κ2) is 9.57. The molecule has 0 bridgehead atoms. The van der Waals surface area contributed by atoms with Crippen LogP contribution >= 0.6 is 0 Å². The number of pyridine rings is 1. The van der Waals surface area contributed by atoms with Gasteiger partial charge in [-0.3, -0.25) is 14.6 Å². The number of hydrogen-bond acceptors (Lipinski definition) is 5. The maximum Gasteiger partial charge on any atom is 0.275 e. The second-order valence-corrected chi connectivity index (χ2v) is 8.52. The third-order valence-electron chi connectivity index (χ3n) is 6.51. The van der Waals surface area contributed by atoms with E-state index in [1.54, 1.807) is 12.3 Å². The molecule has 0 aliphatic carbocycles. The molecule has 0 atom stereocenters. The molecule has 0 spiro atoms. The van der Waals surface area contributed by atoms with Gasteiger partial charge in [-0.25, -0.2) is 4.68 Å². The van der Waals surface area contributed by atoms with Crippen molar-refractivity contribution >= 4 is 16.7 Å². The third-order valence-corrected chi connectivity index (χ3v) is 6.51. The molecule has 1 saturated heterocycles. The smallest absolute Gasteiger partial charge is 0.275 e. The molecule has 4 aromatic rings. The number of rotatable bonds is 6. The minimum atomic E-state index is -0.641. The minimum absolute atomic E-state index is 0.0460. The number of amides is 1. The number of fused-ring (bicyclic) bond motifs is 1. The van der Waals surface area contributed by atoms with Gasteiger partial charge >= 0.3 is 0 Å². The Morgan fingerprint density at radius 2 is 1.65 bits per heavy atom. The number of hydrogen-bond donors (Lipinski definition) is 1. The summed E-state index contributed by atoms with van der Waals surface area (Å²) in [5.74, 6) is -0.0460. The van der Waals surface area contributed by atoms with Gasteiger partial charge in [0, 0.05) is 24.8 Å². The fraction of sp³-hybridized carbons (Fsp3) is 0.259. The van der Waals surface area contributed by atoms with E-state index in [0.717, 1.165) is 16.6 Å². The molecule has 2 aromatic heterocycles. The van der Waals surface area contributed by atoms with Crippen LogP contribution in [0.2, 0.25) is 0 Å². The van der Waals surface area contributed by atoms with Crippen LogP contribution in [0.15, 0.2) is 83.8 Å². The molecule has 7 heteroatoms. The van der Waals surface area contributed by atoms with Crippen LogP contribution in [0.3, 0.4) is 0 Å². The van der Waals surface area contributed by atoms with E-state index in [1.807, 2.05) is 66.7 Å². The number of ether oxygens (including phenoxy) is 1. The molecular weight excluding hydrogens is 428 g/mol. The molecule has 5 rings (SSSR count). The fourth-order valence-electron chi connectivity index (χ4n) is 4.65. The second-order valence-electron chi connectivity index (χ2n) is 8.52. The van der Waals surface area contributed by atoms with E-state index in [1.165, 1.54) is 4.68 Å². The highest BCUT2D eigenvalue weighted by Gasteiger charge is 2.41. The van der Waals surface area contributed by atoms with Crippen molar-refractivity contribution in [2.45, 2.75) is 31.3 Å². The van der Waals surface area contributed by atoms with Crippen molar-refractivity contribution in [3.8, 4) is 0 Å². The Hall–Kier alpha value is -3.84. The lowest BCUT2D eigenvalue weighted by molar-refractivity contribution is -0.130. The highest BCUT2D eigenvalue weighted by molar-refractivity contribution is 5.89. The molecular formula is C27H26N4O3. The van der Waals surface area contributed by atoms with Gasteiger partial charge in [0.15, 0.2) is 0 Å². The highest BCUT2D eigenvalue weighted by atomic mass is 16.5. The molecule has 1 aliphatic rings. The Kier molecular flexibility index (Phi) is 6.18. The summed E-state index contributed by atoms with van der Waals surface area (Å²) in [6, 6.07) is 22.8. The summed E-state index contributed by atoms with van der Waals surface area (Å²) in [5.41, 5.74) is 1.56. The predicted molar refractivity (Wildman–Crippen MR) is 129 cm³/mol. The van der Waals surface area contributed by atoms with Gasteiger partial charge in [0.2, 0.25) is 5.91 Å².